The van der Waals surface area contributed by atoms with Crippen molar-refractivity contribution < 1.29 is 9.13 Å². The molecule has 1 aromatic carbocycles. The number of pyridine rings is 2. The third-order valence-electron chi connectivity index (χ3n) is 7.85. The maximum Gasteiger partial charge on any atom is 0.329 e. The van der Waals surface area contributed by atoms with Crippen molar-refractivity contribution in [2.75, 3.05) is 38.1 Å². The average molecular weight is 505 g/mol. The first-order valence-corrected chi connectivity index (χ1v) is 13.3. The number of hydrogen-bond donors (Lipinski definition) is 1. The van der Waals surface area contributed by atoms with E-state index in [4.69, 9.17) is 4.74 Å². The predicted molar refractivity (Wildman–Crippen MR) is 144 cm³/mol. The highest BCUT2D eigenvalue weighted by Gasteiger charge is 2.28. The minimum Gasteiger partial charge on any atom is -0.478 e. The number of anilines is 1. The summed E-state index contributed by atoms with van der Waals surface area (Å²) in [5.74, 6) is 0.160. The van der Waals surface area contributed by atoms with Crippen LogP contribution in [0.4, 0.5) is 10.1 Å². The van der Waals surface area contributed by atoms with Crippen LogP contribution in [0.15, 0.2) is 35.4 Å². The van der Waals surface area contributed by atoms with Crippen LogP contribution in [0.3, 0.4) is 0 Å². The number of aryl methyl sites for hydroxylation is 1. The fourth-order valence-electron chi connectivity index (χ4n) is 5.85. The summed E-state index contributed by atoms with van der Waals surface area (Å²) in [7, 11) is 1.76. The fourth-order valence-corrected chi connectivity index (χ4v) is 5.85. The third-order valence-corrected chi connectivity index (χ3v) is 7.85. The number of ether oxygens (including phenoxy) is 1. The number of likely N-dealkylation sites (tertiary alicyclic amines) is 1. The van der Waals surface area contributed by atoms with Crippen LogP contribution in [0.2, 0.25) is 0 Å². The second-order valence-electron chi connectivity index (χ2n) is 10.1. The van der Waals surface area contributed by atoms with Crippen LogP contribution in [-0.2, 0) is 7.05 Å². The molecule has 0 amide bonds. The smallest absolute Gasteiger partial charge is 0.329 e. The Labute approximate surface area is 215 Å². The molecule has 6 rings (SSSR count). The number of hydrogen-bond acceptors (Lipinski definition) is 6. The van der Waals surface area contributed by atoms with E-state index in [0.717, 1.165) is 35.8 Å². The van der Waals surface area contributed by atoms with Gasteiger partial charge >= 0.3 is 5.69 Å². The normalized spacial score (nSPS) is 17.9. The van der Waals surface area contributed by atoms with E-state index in [9.17, 15) is 4.79 Å². The molecule has 2 aliphatic rings. The molecule has 194 valence electrons. The van der Waals surface area contributed by atoms with Crippen LogP contribution in [0, 0.1) is 5.82 Å². The molecule has 2 aliphatic heterocycles. The van der Waals surface area contributed by atoms with E-state index in [0.29, 0.717) is 41.4 Å². The van der Waals surface area contributed by atoms with Crippen molar-refractivity contribution in [2.24, 2.45) is 7.05 Å². The summed E-state index contributed by atoms with van der Waals surface area (Å²) in [6.45, 7) is 6.58. The van der Waals surface area contributed by atoms with Crippen LogP contribution in [0.5, 0.6) is 5.88 Å². The van der Waals surface area contributed by atoms with Crippen LogP contribution < -0.4 is 15.7 Å². The Morgan fingerprint density at radius 2 is 2.00 bits per heavy atom. The number of rotatable bonds is 7. The Bertz CT molecular complexity index is 1500. The van der Waals surface area contributed by atoms with Crippen molar-refractivity contribution in [1.82, 2.24) is 24.0 Å². The molecule has 1 fully saturated rings. The zero-order chi connectivity index (χ0) is 25.5. The summed E-state index contributed by atoms with van der Waals surface area (Å²) in [6, 6.07) is 5.05. The van der Waals surface area contributed by atoms with Crippen molar-refractivity contribution in [3.8, 4) is 17.0 Å². The molecule has 0 aliphatic carbocycles. The molecule has 8 nitrogen and oxygen atoms in total. The molecule has 0 saturated carbocycles. The van der Waals surface area contributed by atoms with Gasteiger partial charge in [0.15, 0.2) is 0 Å². The van der Waals surface area contributed by atoms with Gasteiger partial charge in [-0.25, -0.2) is 14.2 Å². The summed E-state index contributed by atoms with van der Waals surface area (Å²) in [4.78, 5) is 24.6. The average Bonchev–Trinajstić information content (AvgIpc) is 3.06. The molecular formula is C28H33FN6O2. The van der Waals surface area contributed by atoms with E-state index in [2.05, 4.69) is 27.1 Å². The molecule has 1 saturated heterocycles. The number of halogens is 1. The van der Waals surface area contributed by atoms with Gasteiger partial charge in [-0.1, -0.05) is 13.3 Å². The zero-order valence-electron chi connectivity index (χ0n) is 21.5. The predicted octanol–water partition coefficient (Wildman–Crippen LogP) is 4.72. The van der Waals surface area contributed by atoms with Gasteiger partial charge in [0.25, 0.3) is 0 Å². The topological polar surface area (TPSA) is 77.2 Å². The lowest BCUT2D eigenvalue weighted by molar-refractivity contribution is 0.203. The molecule has 9 heteroatoms. The van der Waals surface area contributed by atoms with E-state index >= 15 is 4.39 Å². The third kappa shape index (κ3) is 4.15. The van der Waals surface area contributed by atoms with Crippen molar-refractivity contribution in [3.63, 3.8) is 0 Å². The molecule has 1 N–H and O–H groups in total. The fraction of sp³-hybridized carbons (Fsp3) is 0.464. The van der Waals surface area contributed by atoms with Gasteiger partial charge in [0.1, 0.15) is 5.82 Å². The minimum atomic E-state index is -0.376. The highest BCUT2D eigenvalue weighted by atomic mass is 19.1. The summed E-state index contributed by atoms with van der Waals surface area (Å²) in [5, 5.41) is 4.22. The number of nitrogens with one attached hydrogen (secondary N) is 1. The first-order chi connectivity index (χ1) is 18.1. The molecule has 3 aromatic heterocycles. The molecule has 0 radical (unpaired) electrons. The van der Waals surface area contributed by atoms with Gasteiger partial charge in [-0.2, -0.15) is 0 Å². The van der Waals surface area contributed by atoms with E-state index in [-0.39, 0.29) is 17.5 Å². The van der Waals surface area contributed by atoms with E-state index in [1.165, 1.54) is 38.4 Å². The van der Waals surface area contributed by atoms with Gasteiger partial charge in [-0.15, -0.1) is 0 Å². The second-order valence-corrected chi connectivity index (χ2v) is 10.1. The van der Waals surface area contributed by atoms with Crippen molar-refractivity contribution in [2.45, 2.75) is 45.1 Å². The number of benzene rings is 1. The lowest BCUT2D eigenvalue weighted by Crippen LogP contribution is -2.31. The first-order valence-electron chi connectivity index (χ1n) is 13.3. The van der Waals surface area contributed by atoms with Crippen LogP contribution in [0.1, 0.15) is 45.1 Å². The molecule has 0 unspecified atom stereocenters. The monoisotopic (exact) mass is 504 g/mol. The number of aromatic nitrogens is 4. The first kappa shape index (κ1) is 23.9. The Balaban J connectivity index is 1.32. The Hall–Kier alpha value is -3.46. The van der Waals surface area contributed by atoms with Crippen LogP contribution in [-0.4, -0.2) is 56.8 Å². The minimum absolute atomic E-state index is 0.0519. The maximum atomic E-state index is 15.6. The van der Waals surface area contributed by atoms with Gasteiger partial charge in [0, 0.05) is 49.6 Å². The van der Waals surface area contributed by atoms with Crippen molar-refractivity contribution in [1.29, 1.82) is 0 Å². The van der Waals surface area contributed by atoms with Gasteiger partial charge in [0.05, 0.1) is 46.5 Å². The van der Waals surface area contributed by atoms with Crippen LogP contribution in [0.25, 0.3) is 33.1 Å². The van der Waals surface area contributed by atoms with Crippen molar-refractivity contribution in [3.05, 3.63) is 46.9 Å². The quantitative estimate of drug-likeness (QED) is 0.367. The van der Waals surface area contributed by atoms with Gasteiger partial charge < -0.3 is 15.0 Å². The summed E-state index contributed by atoms with van der Waals surface area (Å²) in [6.07, 6.45) is 8.96. The maximum absolute atomic E-state index is 15.6. The summed E-state index contributed by atoms with van der Waals surface area (Å²) in [5.41, 5.74) is 3.72. The Morgan fingerprint density at radius 3 is 2.76 bits per heavy atom. The molecular weight excluding hydrogens is 471 g/mol. The van der Waals surface area contributed by atoms with Crippen LogP contribution >= 0.6 is 0 Å². The van der Waals surface area contributed by atoms with Gasteiger partial charge in [0.2, 0.25) is 5.88 Å². The SMILES string of the molecule is CC[C@@H]1CNc2c(-c3ccc(OCCCN4CCCCC4)nc3)c(F)cc3ncc4c(c23)n1c(=O)n4C. The number of nitrogens with zero attached hydrogens (tertiary/aromatic N) is 5. The molecule has 0 spiro atoms. The molecule has 5 heterocycles. The molecule has 37 heavy (non-hydrogen) atoms. The molecule has 4 aromatic rings. The second kappa shape index (κ2) is 9.78. The molecule has 1 atom stereocenters. The summed E-state index contributed by atoms with van der Waals surface area (Å²) >= 11 is 0. The lowest BCUT2D eigenvalue weighted by Gasteiger charge is -2.26. The van der Waals surface area contributed by atoms with E-state index in [1.54, 1.807) is 30.1 Å². The van der Waals surface area contributed by atoms with Gasteiger partial charge in [-0.3, -0.25) is 14.1 Å². The Morgan fingerprint density at radius 1 is 1.16 bits per heavy atom. The number of piperidine rings is 1. The molecule has 0 bridgehead atoms. The van der Waals surface area contributed by atoms with Crippen molar-refractivity contribution >= 4 is 27.6 Å². The van der Waals surface area contributed by atoms with E-state index in [1.807, 2.05) is 10.6 Å². The highest BCUT2D eigenvalue weighted by Crippen LogP contribution is 2.42. The Kier molecular flexibility index (Phi) is 6.32. The summed E-state index contributed by atoms with van der Waals surface area (Å²) < 4.78 is 24.9. The van der Waals surface area contributed by atoms with Gasteiger partial charge in [-0.05, 0) is 44.8 Å². The zero-order valence-corrected chi connectivity index (χ0v) is 21.5. The highest BCUT2D eigenvalue weighted by molar-refractivity contribution is 6.13. The standard InChI is InChI=1S/C28H33FN6O2/c1-3-19-16-32-26-24(18-8-9-23(31-15-18)37-13-7-12-34-10-5-4-6-11-34)20(29)14-21-25(26)27-22(17-30-21)33(2)28(36)35(19)27/h8-9,14-15,17,19,32H,3-7,10-13,16H2,1-2H3/t19-/m1/s1. The largest absolute Gasteiger partial charge is 0.478 e. The lowest BCUT2D eigenvalue weighted by atomic mass is 10.00. The number of imidazole rings is 1. The van der Waals surface area contributed by atoms with E-state index < -0.39 is 0 Å².